The Hall–Kier alpha value is -7.50. The lowest BCUT2D eigenvalue weighted by molar-refractivity contribution is 0.618. The molecule has 286 valence electrons. The van der Waals surface area contributed by atoms with Crippen LogP contribution in [0.1, 0.15) is 51.9 Å². The van der Waals surface area contributed by atoms with E-state index in [0.717, 1.165) is 97.1 Å². The van der Waals surface area contributed by atoms with E-state index in [0.29, 0.717) is 5.92 Å². The molecule has 2 atom stereocenters. The highest BCUT2D eigenvalue weighted by atomic mass is 16.3. The van der Waals surface area contributed by atoms with Crippen molar-refractivity contribution in [2.75, 3.05) is 0 Å². The third-order valence-corrected chi connectivity index (χ3v) is 12.5. The van der Waals surface area contributed by atoms with Crippen LogP contribution in [-0.4, -0.2) is 11.7 Å². The van der Waals surface area contributed by atoms with E-state index in [1.807, 2.05) is 42.5 Å². The molecule has 0 fully saturated rings. The van der Waals surface area contributed by atoms with E-state index in [1.54, 1.807) is 0 Å². The Morgan fingerprint density at radius 3 is 2.00 bits per heavy atom. The molecule has 10 aromatic rings. The van der Waals surface area contributed by atoms with Gasteiger partial charge < -0.3 is 14.2 Å². The van der Waals surface area contributed by atoms with Crippen molar-refractivity contribution in [2.24, 2.45) is 9.98 Å². The summed E-state index contributed by atoms with van der Waals surface area (Å²) in [5.41, 5.74) is 15.5. The van der Waals surface area contributed by atoms with Crippen LogP contribution in [0, 0.1) is 0 Å². The lowest BCUT2D eigenvalue weighted by Gasteiger charge is -2.25. The molecule has 0 saturated carbocycles. The summed E-state index contributed by atoms with van der Waals surface area (Å²) >= 11 is 0. The van der Waals surface area contributed by atoms with Gasteiger partial charge >= 0.3 is 0 Å². The average molecular weight is 774 g/mol. The summed E-state index contributed by atoms with van der Waals surface area (Å²) in [5.74, 6) is 1.97. The van der Waals surface area contributed by atoms with Crippen LogP contribution in [0.25, 0.3) is 66.1 Å². The zero-order valence-corrected chi connectivity index (χ0v) is 32.8. The van der Waals surface area contributed by atoms with E-state index < -0.39 is 6.17 Å². The summed E-state index contributed by atoms with van der Waals surface area (Å²) in [6.07, 6.45) is 2.66. The minimum absolute atomic E-state index is 0.464. The molecule has 2 aromatic heterocycles. The van der Waals surface area contributed by atoms with Crippen LogP contribution in [0.2, 0.25) is 0 Å². The van der Waals surface area contributed by atoms with E-state index >= 15 is 0 Å². The first-order chi connectivity index (χ1) is 29.7. The third-order valence-electron chi connectivity index (χ3n) is 12.5. The van der Waals surface area contributed by atoms with Crippen molar-refractivity contribution in [1.29, 1.82) is 0 Å². The van der Waals surface area contributed by atoms with Crippen molar-refractivity contribution < 1.29 is 8.83 Å². The molecule has 8 aromatic carbocycles. The molecule has 0 spiro atoms. The molecule has 2 unspecified atom stereocenters. The third kappa shape index (κ3) is 5.84. The minimum Gasteiger partial charge on any atom is -0.456 e. The second-order valence-corrected chi connectivity index (χ2v) is 16.0. The number of aryl methyl sites for hydroxylation is 1. The van der Waals surface area contributed by atoms with Gasteiger partial charge in [-0.15, -0.1) is 0 Å². The van der Waals surface area contributed by atoms with E-state index in [-0.39, 0.29) is 0 Å². The smallest absolute Gasteiger partial charge is 0.170 e. The topological polar surface area (TPSA) is 63.0 Å². The summed E-state index contributed by atoms with van der Waals surface area (Å²) in [4.78, 5) is 10.7. The maximum Gasteiger partial charge on any atom is 0.170 e. The van der Waals surface area contributed by atoms with Crippen LogP contribution in [0.5, 0.6) is 0 Å². The van der Waals surface area contributed by atoms with Crippen LogP contribution in [-0.2, 0) is 12.8 Å². The number of nitrogens with one attached hydrogen (secondary N) is 1. The Kier molecular flexibility index (Phi) is 8.12. The van der Waals surface area contributed by atoms with E-state index in [9.17, 15) is 0 Å². The van der Waals surface area contributed by atoms with Gasteiger partial charge in [0.2, 0.25) is 0 Å². The maximum absolute atomic E-state index is 6.59. The predicted molar refractivity (Wildman–Crippen MR) is 245 cm³/mol. The number of rotatable bonds is 5. The van der Waals surface area contributed by atoms with Gasteiger partial charge in [0.1, 0.15) is 34.0 Å². The second-order valence-electron chi connectivity index (χ2n) is 16.0. The number of furan rings is 2. The molecule has 3 heterocycles. The van der Waals surface area contributed by atoms with Crippen molar-refractivity contribution in [3.05, 3.63) is 215 Å². The van der Waals surface area contributed by atoms with Crippen molar-refractivity contribution in [1.82, 2.24) is 5.32 Å². The second kappa shape index (κ2) is 14.1. The fourth-order valence-corrected chi connectivity index (χ4v) is 9.58. The highest BCUT2D eigenvalue weighted by Crippen LogP contribution is 2.42. The Morgan fingerprint density at radius 2 is 1.12 bits per heavy atom. The standard InChI is InChI=1S/C55H39N3O2/c1-3-13-34(14-4-1)37-26-25-35-15-7-8-18-41(35)45-32-38(27-28-40(45)31-37)39-29-30-48-46(33-39)52-44(21-12-24-50(52)60-48)55-57-53(36-16-5-2-6-17-36)56-54(58-55)43-20-11-23-49-51(43)42-19-9-10-22-47(42)59-49/h1-24,27-30,32-33,37,55H,25-26,31H2,(H,56,57,58). The van der Waals surface area contributed by atoms with Gasteiger partial charge in [-0.1, -0.05) is 146 Å². The summed E-state index contributed by atoms with van der Waals surface area (Å²) in [6, 6.07) is 64.5. The molecule has 5 heteroatoms. The van der Waals surface area contributed by atoms with Gasteiger partial charge in [-0.3, -0.25) is 0 Å². The molecule has 1 aliphatic carbocycles. The van der Waals surface area contributed by atoms with Crippen molar-refractivity contribution in [2.45, 2.75) is 31.3 Å². The molecular weight excluding hydrogens is 735 g/mol. The van der Waals surface area contributed by atoms with Gasteiger partial charge in [0.15, 0.2) is 6.17 Å². The van der Waals surface area contributed by atoms with Crippen LogP contribution >= 0.6 is 0 Å². The predicted octanol–water partition coefficient (Wildman–Crippen LogP) is 13.6. The van der Waals surface area contributed by atoms with Gasteiger partial charge in [-0.05, 0) is 101 Å². The Balaban J connectivity index is 1.00. The van der Waals surface area contributed by atoms with Crippen LogP contribution in [0.4, 0.5) is 0 Å². The summed E-state index contributed by atoms with van der Waals surface area (Å²) in [6.45, 7) is 0. The molecule has 2 aliphatic rings. The molecule has 5 nitrogen and oxygen atoms in total. The van der Waals surface area contributed by atoms with Crippen LogP contribution < -0.4 is 5.32 Å². The van der Waals surface area contributed by atoms with Crippen molar-refractivity contribution in [3.63, 3.8) is 0 Å². The number of benzene rings is 8. The first-order valence-corrected chi connectivity index (χ1v) is 20.8. The fourth-order valence-electron chi connectivity index (χ4n) is 9.58. The number of amidine groups is 2. The lowest BCUT2D eigenvalue weighted by Crippen LogP contribution is -2.36. The quantitative estimate of drug-likeness (QED) is 0.189. The zero-order chi connectivity index (χ0) is 39.6. The maximum atomic E-state index is 6.59. The molecule has 1 aliphatic heterocycles. The molecule has 12 rings (SSSR count). The van der Waals surface area contributed by atoms with Gasteiger partial charge in [0.05, 0.1) is 0 Å². The summed E-state index contributed by atoms with van der Waals surface area (Å²) in [7, 11) is 0. The molecule has 0 saturated heterocycles. The van der Waals surface area contributed by atoms with Crippen molar-refractivity contribution >= 4 is 55.5 Å². The molecule has 1 N–H and O–H groups in total. The molecule has 60 heavy (non-hydrogen) atoms. The van der Waals surface area contributed by atoms with E-state index in [4.69, 9.17) is 18.8 Å². The van der Waals surface area contributed by atoms with Crippen LogP contribution in [0.3, 0.4) is 0 Å². The first-order valence-electron chi connectivity index (χ1n) is 20.8. The van der Waals surface area contributed by atoms with Gasteiger partial charge in [-0.2, -0.15) is 0 Å². The van der Waals surface area contributed by atoms with E-state index in [2.05, 4.69) is 145 Å². The number of hydrogen-bond donors (Lipinski definition) is 1. The molecule has 0 radical (unpaired) electrons. The SMILES string of the molecule is c1ccc(C2=NC(c3cccc4oc5ccc(-c6ccc7c(c6)-c6ccccc6CCC(c6ccccc6)C7)cc5c34)N=C(c3cccc4oc5ccccc5c34)N2)cc1. The Labute approximate surface area is 347 Å². The first kappa shape index (κ1) is 34.5. The van der Waals surface area contributed by atoms with Crippen molar-refractivity contribution in [3.8, 4) is 22.3 Å². The Bertz CT molecular complexity index is 3340. The van der Waals surface area contributed by atoms with Gasteiger partial charge in [0, 0.05) is 38.2 Å². The monoisotopic (exact) mass is 773 g/mol. The fraction of sp³-hybridized carbons (Fsp3) is 0.0909. The number of hydrogen-bond acceptors (Lipinski definition) is 5. The van der Waals surface area contributed by atoms with E-state index in [1.165, 1.54) is 33.4 Å². The minimum atomic E-state index is -0.538. The average Bonchev–Trinajstić information content (AvgIpc) is 3.89. The summed E-state index contributed by atoms with van der Waals surface area (Å²) < 4.78 is 12.9. The van der Waals surface area contributed by atoms with Gasteiger partial charge in [0.25, 0.3) is 0 Å². The largest absolute Gasteiger partial charge is 0.456 e. The number of fused-ring (bicyclic) bond motifs is 9. The molecule has 0 amide bonds. The highest BCUT2D eigenvalue weighted by Gasteiger charge is 2.27. The lowest BCUT2D eigenvalue weighted by atomic mass is 9.79. The highest BCUT2D eigenvalue weighted by molar-refractivity contribution is 6.23. The summed E-state index contributed by atoms with van der Waals surface area (Å²) in [5, 5.41) is 7.78. The van der Waals surface area contributed by atoms with Gasteiger partial charge in [-0.25, -0.2) is 9.98 Å². The normalized spacial score (nSPS) is 16.5. The zero-order valence-electron chi connectivity index (χ0n) is 32.8. The number of aliphatic imine (C=N–C) groups is 2. The molecular formula is C55H39N3O2. The molecule has 0 bridgehead atoms. The number of nitrogens with zero attached hydrogens (tertiary/aromatic N) is 2. The van der Waals surface area contributed by atoms with Crippen LogP contribution in [0.15, 0.2) is 201 Å². The number of para-hydroxylation sites is 1. The Morgan fingerprint density at radius 1 is 0.450 bits per heavy atom.